The van der Waals surface area contributed by atoms with Crippen LogP contribution in [-0.4, -0.2) is 82.5 Å². The van der Waals surface area contributed by atoms with Gasteiger partial charge in [-0.25, -0.2) is 0 Å². The Morgan fingerprint density at radius 2 is 1.19 bits per heavy atom. The number of ether oxygens (including phenoxy) is 5. The second-order valence-electron chi connectivity index (χ2n) is 16.5. The zero-order valence-electron chi connectivity index (χ0n) is 40.3. The molecule has 19 heteroatoms. The molecule has 0 saturated carbocycles. The van der Waals surface area contributed by atoms with Crippen LogP contribution in [0.1, 0.15) is 141 Å². The number of hydrogen-bond donors (Lipinski definition) is 3. The van der Waals surface area contributed by atoms with Gasteiger partial charge in [-0.15, -0.1) is 34.0 Å². The highest BCUT2D eigenvalue weighted by Crippen LogP contribution is 2.45. The van der Waals surface area contributed by atoms with Crippen molar-refractivity contribution in [3.05, 3.63) is 170 Å². The number of rotatable bonds is 17. The molecule has 3 aliphatic heterocycles. The van der Waals surface area contributed by atoms with E-state index in [1.54, 1.807) is 43.3 Å². The van der Waals surface area contributed by atoms with Gasteiger partial charge in [0.15, 0.2) is 18.9 Å². The molecule has 3 aromatic carbocycles. The Bertz CT molecular complexity index is 2730. The van der Waals surface area contributed by atoms with Gasteiger partial charge in [0.05, 0.1) is 53.9 Å². The van der Waals surface area contributed by atoms with Crippen LogP contribution in [0.2, 0.25) is 15.1 Å². The molecule has 0 bridgehead atoms. The number of thiophene rings is 3. The average Bonchev–Trinajstić information content (AvgIpc) is 4.23. The zero-order valence-corrected chi connectivity index (χ0v) is 44.8. The number of benzene rings is 3. The lowest BCUT2D eigenvalue weighted by molar-refractivity contribution is -0.0417. The Balaban J connectivity index is 0.000000286. The summed E-state index contributed by atoms with van der Waals surface area (Å²) in [6.45, 7) is 5.29. The van der Waals surface area contributed by atoms with Crippen molar-refractivity contribution in [2.45, 2.75) is 104 Å². The van der Waals surface area contributed by atoms with E-state index < -0.39 is 33.2 Å². The lowest BCUT2D eigenvalue weighted by Gasteiger charge is -2.28. The first-order valence-electron chi connectivity index (χ1n) is 23.6. The number of hydrogen-bond acceptors (Lipinski definition) is 15. The molecule has 3 atom stereocenters. The smallest absolute Gasteiger partial charge is 0.264 e. The molecule has 408 valence electrons. The fraction of sp³-hybridized carbons (Fsp3) is 0.436. The van der Waals surface area contributed by atoms with E-state index in [0.29, 0.717) is 78.8 Å². The summed E-state index contributed by atoms with van der Waals surface area (Å²) in [5.74, 6) is 0. The third kappa shape index (κ3) is 16.9. The molecular formula is C55H71Cl3O12S4. The number of aliphatic hydroxyl groups is 3. The fourth-order valence-corrected chi connectivity index (χ4v) is 12.0. The highest BCUT2D eigenvalue weighted by atomic mass is 35.5. The zero-order chi connectivity index (χ0) is 51.8. The molecule has 3 N–H and O–H groups in total. The molecule has 3 saturated heterocycles. The number of carbonyl (C=O) groups is 1. The van der Waals surface area contributed by atoms with Crippen LogP contribution >= 0.6 is 68.8 Å². The lowest BCUT2D eigenvalue weighted by Crippen LogP contribution is -2.27. The second kappa shape index (κ2) is 30.7. The first-order valence-corrected chi connectivity index (χ1v) is 28.5. The summed E-state index contributed by atoms with van der Waals surface area (Å²) in [5.41, 5.74) is 1.95. The normalized spacial score (nSPS) is 18.2. The summed E-state index contributed by atoms with van der Waals surface area (Å²) < 4.78 is 61.5. The summed E-state index contributed by atoms with van der Waals surface area (Å²) >= 11 is 22.7. The molecule has 3 unspecified atom stereocenters. The molecule has 0 aliphatic carbocycles. The molecule has 0 spiro atoms. The van der Waals surface area contributed by atoms with Gasteiger partial charge in [-0.05, 0) is 143 Å². The van der Waals surface area contributed by atoms with Crippen LogP contribution in [0.3, 0.4) is 0 Å². The van der Waals surface area contributed by atoms with Gasteiger partial charge in [-0.1, -0.05) is 107 Å². The molecule has 6 aromatic rings. The van der Waals surface area contributed by atoms with Crippen LogP contribution in [0.5, 0.6) is 0 Å². The number of halogens is 3. The van der Waals surface area contributed by atoms with Crippen LogP contribution in [0, 0.1) is 0 Å². The third-order valence-corrected chi connectivity index (χ3v) is 15.8. The molecule has 0 amide bonds. The van der Waals surface area contributed by atoms with Gasteiger partial charge in [-0.3, -0.25) is 8.98 Å². The second-order valence-corrected chi connectivity index (χ2v) is 22.2. The number of aldehydes is 1. The minimum absolute atomic E-state index is 0. The van der Waals surface area contributed by atoms with E-state index in [1.165, 1.54) is 34.0 Å². The van der Waals surface area contributed by atoms with Crippen molar-refractivity contribution in [1.82, 2.24) is 0 Å². The first-order chi connectivity index (χ1) is 34.6. The molecule has 3 aliphatic rings. The molecule has 0 radical (unpaired) electrons. The standard InChI is InChI=1S/C18H21ClO6S2.C17H19ClO4S.C15H13ClO2S.C2H6.3CH4/c1-27(21,22)25-7-3-6-18(20,13-4-2-5-15(19)10-13)14-11-16(26-12-14)17-23-8-9-24-17;18-14-4-1-3-12(9-14)17(20,5-2-6-19)13-10-15(23-11-13)16-21-7-8-22-16;16-13-4-1-3-11(7-13)15(5-2-6-18-15)12-8-14(9-17)19-10-12;1-2;;;/h2,4-5,10-12,17,20H,3,6-9H2,1H3;1,3-4,9-11,16,19-20H,2,5-8H2;1,3-4,7-10H,2,5-6H2;1-2H3;3*1H4/i;;;1D;;;. The molecule has 12 nitrogen and oxygen atoms in total. The Labute approximate surface area is 466 Å². The van der Waals surface area contributed by atoms with Crippen molar-refractivity contribution in [2.75, 3.05) is 52.5 Å². The van der Waals surface area contributed by atoms with E-state index in [1.807, 2.05) is 70.7 Å². The van der Waals surface area contributed by atoms with Crippen molar-refractivity contribution in [3.8, 4) is 0 Å². The van der Waals surface area contributed by atoms with E-state index in [4.69, 9.17) is 64.0 Å². The number of carbonyl (C=O) groups excluding carboxylic acids is 1. The molecule has 3 aromatic heterocycles. The van der Waals surface area contributed by atoms with Crippen LogP contribution in [0.25, 0.3) is 0 Å². The third-order valence-electron chi connectivity index (χ3n) is 11.7. The first kappa shape index (κ1) is 63.4. The highest BCUT2D eigenvalue weighted by molar-refractivity contribution is 7.86. The van der Waals surface area contributed by atoms with Crippen molar-refractivity contribution >= 4 is 85.2 Å². The van der Waals surface area contributed by atoms with Crippen LogP contribution in [-0.2, 0) is 54.8 Å². The van der Waals surface area contributed by atoms with Crippen molar-refractivity contribution in [2.24, 2.45) is 0 Å². The topological polar surface area (TPSA) is 167 Å². The van der Waals surface area contributed by atoms with Gasteiger partial charge < -0.3 is 39.0 Å². The van der Waals surface area contributed by atoms with Gasteiger partial charge in [-0.2, -0.15) is 8.42 Å². The van der Waals surface area contributed by atoms with E-state index in [9.17, 15) is 28.5 Å². The largest absolute Gasteiger partial charge is 0.396 e. The van der Waals surface area contributed by atoms with E-state index in [0.717, 1.165) is 68.9 Å². The summed E-state index contributed by atoms with van der Waals surface area (Å²) in [6, 6.07) is 27.7. The molecule has 3 fully saturated rings. The highest BCUT2D eigenvalue weighted by Gasteiger charge is 2.40. The van der Waals surface area contributed by atoms with Crippen LogP contribution in [0.4, 0.5) is 0 Å². The van der Waals surface area contributed by atoms with E-state index in [2.05, 4.69) is 0 Å². The predicted octanol–water partition coefficient (Wildman–Crippen LogP) is 14.1. The van der Waals surface area contributed by atoms with E-state index in [-0.39, 0.29) is 48.2 Å². The van der Waals surface area contributed by atoms with Crippen molar-refractivity contribution in [1.29, 1.82) is 0 Å². The summed E-state index contributed by atoms with van der Waals surface area (Å²) in [6.07, 6.45) is 4.56. The molecular weight excluding hydrogens is 1090 g/mol. The van der Waals surface area contributed by atoms with Gasteiger partial charge in [0.1, 0.15) is 16.8 Å². The van der Waals surface area contributed by atoms with Gasteiger partial charge in [0.25, 0.3) is 10.1 Å². The number of aliphatic hydroxyl groups excluding tert-OH is 1. The maximum atomic E-state index is 11.5. The lowest BCUT2D eigenvalue weighted by atomic mass is 9.84. The Morgan fingerprint density at radius 3 is 1.61 bits per heavy atom. The van der Waals surface area contributed by atoms with Crippen LogP contribution in [0.15, 0.2) is 107 Å². The summed E-state index contributed by atoms with van der Waals surface area (Å²) in [7, 11) is -3.52. The van der Waals surface area contributed by atoms with Gasteiger partial charge in [0.2, 0.25) is 0 Å². The van der Waals surface area contributed by atoms with Gasteiger partial charge >= 0.3 is 0 Å². The quantitative estimate of drug-likeness (QED) is 0.0450. The minimum Gasteiger partial charge on any atom is -0.396 e. The molecule has 6 heterocycles. The maximum absolute atomic E-state index is 11.5. The average molecular weight is 1160 g/mol. The van der Waals surface area contributed by atoms with E-state index >= 15 is 0 Å². The molecule has 74 heavy (non-hydrogen) atoms. The Morgan fingerprint density at radius 1 is 0.703 bits per heavy atom. The maximum Gasteiger partial charge on any atom is 0.264 e. The Hall–Kier alpha value is -3.11. The predicted molar refractivity (Wildman–Crippen MR) is 302 cm³/mol. The minimum atomic E-state index is -3.52. The molecule has 9 rings (SSSR count). The fourth-order valence-electron chi connectivity index (χ4n) is 8.34. The SMILES string of the molecule is C.C.C.CS(=O)(=O)OCCCC(O)(c1cccc(Cl)c1)c1csc(C2OCCO2)c1.O=Cc1cc(C2(c3cccc(Cl)c3)CCCO2)cs1.OCCCC(O)(c1cccc(Cl)c1)c1csc(C2OCCO2)c1.[2H]CC. The summed E-state index contributed by atoms with van der Waals surface area (Å²) in [5, 5.41) is 39.6. The van der Waals surface area contributed by atoms with Crippen LogP contribution < -0.4 is 0 Å². The van der Waals surface area contributed by atoms with Crippen molar-refractivity contribution in [3.63, 3.8) is 0 Å². The summed E-state index contributed by atoms with van der Waals surface area (Å²) in [4.78, 5) is 13.4. The van der Waals surface area contributed by atoms with Crippen molar-refractivity contribution < 1.29 is 57.8 Å². The monoisotopic (exact) mass is 1160 g/mol. The Kier molecular flexibility index (Phi) is 26.3. The van der Waals surface area contributed by atoms with Gasteiger partial charge in [0, 0.05) is 29.7 Å².